The zero-order chi connectivity index (χ0) is 22.1. The molecule has 1 fully saturated rings. The van der Waals surface area contributed by atoms with Crippen molar-refractivity contribution >= 4 is 47.5 Å². The smallest absolute Gasteiger partial charge is 0.325 e. The lowest BCUT2D eigenvalue weighted by Crippen LogP contribution is -2.60. The lowest BCUT2D eigenvalue weighted by Gasteiger charge is -2.33. The number of benzene rings is 1. The summed E-state index contributed by atoms with van der Waals surface area (Å²) in [5.74, 6) is -1.53. The monoisotopic (exact) mass is 434 g/mol. The van der Waals surface area contributed by atoms with E-state index < -0.39 is 29.8 Å². The molecule has 1 aliphatic heterocycles. The van der Waals surface area contributed by atoms with Crippen LogP contribution < -0.4 is 10.2 Å². The van der Waals surface area contributed by atoms with Crippen molar-refractivity contribution in [2.75, 3.05) is 43.1 Å². The highest BCUT2D eigenvalue weighted by Gasteiger charge is 2.37. The molecule has 0 aliphatic carbocycles. The molecule has 162 valence electrons. The van der Waals surface area contributed by atoms with E-state index in [0.717, 1.165) is 4.90 Å². The first-order chi connectivity index (χ1) is 14.4. The Morgan fingerprint density at radius 2 is 1.90 bits per heavy atom. The van der Waals surface area contributed by atoms with E-state index in [9.17, 15) is 24.0 Å². The minimum absolute atomic E-state index is 0.0599. The Bertz CT molecular complexity index is 789. The van der Waals surface area contributed by atoms with E-state index in [1.807, 2.05) is 6.26 Å². The predicted molar refractivity (Wildman–Crippen MR) is 114 cm³/mol. The van der Waals surface area contributed by atoms with E-state index in [4.69, 9.17) is 0 Å². The molecule has 0 saturated carbocycles. The second kappa shape index (κ2) is 11.3. The Hall–Kier alpha value is -2.88. The van der Waals surface area contributed by atoms with Crippen LogP contribution in [0.2, 0.25) is 0 Å². The van der Waals surface area contributed by atoms with Crippen LogP contribution in [-0.4, -0.2) is 84.1 Å². The van der Waals surface area contributed by atoms with Gasteiger partial charge in [-0.15, -0.1) is 0 Å². The Labute approximate surface area is 179 Å². The highest BCUT2D eigenvalue weighted by atomic mass is 32.2. The lowest BCUT2D eigenvalue weighted by atomic mass is 10.1. The van der Waals surface area contributed by atoms with Crippen molar-refractivity contribution in [1.82, 2.24) is 15.1 Å². The summed E-state index contributed by atoms with van der Waals surface area (Å²) >= 11 is 1.50. The largest absolute Gasteiger partial charge is 0.333 e. The zero-order valence-corrected chi connectivity index (χ0v) is 17.9. The fraction of sp³-hybridized carbons (Fsp3) is 0.450. The molecule has 0 spiro atoms. The van der Waals surface area contributed by atoms with Crippen molar-refractivity contribution in [3.8, 4) is 0 Å². The van der Waals surface area contributed by atoms with Crippen LogP contribution in [0.4, 0.5) is 10.5 Å². The van der Waals surface area contributed by atoms with E-state index in [1.54, 1.807) is 37.3 Å². The third kappa shape index (κ3) is 5.59. The van der Waals surface area contributed by atoms with Gasteiger partial charge in [0.1, 0.15) is 12.3 Å². The second-order valence-corrected chi connectivity index (χ2v) is 7.56. The topological polar surface area (TPSA) is 107 Å². The Morgan fingerprint density at radius 3 is 2.50 bits per heavy atom. The zero-order valence-electron chi connectivity index (χ0n) is 17.1. The average Bonchev–Trinajstić information content (AvgIpc) is 2.76. The fourth-order valence-corrected chi connectivity index (χ4v) is 3.55. The molecule has 1 aromatic rings. The van der Waals surface area contributed by atoms with Crippen molar-refractivity contribution < 1.29 is 24.0 Å². The fourth-order valence-electron chi connectivity index (χ4n) is 3.08. The number of likely N-dealkylation sites (N-methyl/N-ethyl adjacent to an activating group) is 1. The SMILES string of the molecule is CCN1CCN(C(=O)NC(CCSC)C(=O)N(CC=O)c2ccccc2)C(=O)C1=O. The van der Waals surface area contributed by atoms with Gasteiger partial charge in [0.25, 0.3) is 0 Å². The number of para-hydroxylation sites is 1. The van der Waals surface area contributed by atoms with Crippen molar-refractivity contribution in [3.63, 3.8) is 0 Å². The first kappa shape index (κ1) is 23.4. The molecule has 5 amide bonds. The number of thioether (sulfide) groups is 1. The summed E-state index contributed by atoms with van der Waals surface area (Å²) in [6.07, 6.45) is 2.80. The van der Waals surface area contributed by atoms with Gasteiger partial charge in [-0.25, -0.2) is 4.79 Å². The summed E-state index contributed by atoms with van der Waals surface area (Å²) < 4.78 is 0. The number of hydrogen-bond acceptors (Lipinski definition) is 6. The van der Waals surface area contributed by atoms with Crippen LogP contribution in [0.25, 0.3) is 0 Å². The summed E-state index contributed by atoms with van der Waals surface area (Å²) in [7, 11) is 0. The number of piperazine rings is 1. The number of urea groups is 1. The highest BCUT2D eigenvalue weighted by Crippen LogP contribution is 2.16. The molecule has 2 rings (SSSR count). The van der Waals surface area contributed by atoms with Crippen molar-refractivity contribution in [2.24, 2.45) is 0 Å². The molecule has 0 radical (unpaired) electrons. The minimum atomic E-state index is -0.947. The van der Waals surface area contributed by atoms with E-state index in [-0.39, 0.29) is 19.6 Å². The van der Waals surface area contributed by atoms with Gasteiger partial charge in [-0.05, 0) is 37.5 Å². The van der Waals surface area contributed by atoms with E-state index in [2.05, 4.69) is 5.32 Å². The van der Waals surface area contributed by atoms with Gasteiger partial charge in [0.05, 0.1) is 6.54 Å². The van der Waals surface area contributed by atoms with Crippen molar-refractivity contribution in [2.45, 2.75) is 19.4 Å². The van der Waals surface area contributed by atoms with Gasteiger partial charge in [-0.3, -0.25) is 19.3 Å². The molecule has 1 unspecified atom stereocenters. The van der Waals surface area contributed by atoms with Crippen LogP contribution in [0.3, 0.4) is 0 Å². The van der Waals surface area contributed by atoms with Gasteiger partial charge in [0, 0.05) is 25.3 Å². The van der Waals surface area contributed by atoms with Gasteiger partial charge in [-0.1, -0.05) is 18.2 Å². The number of rotatable bonds is 9. The molecule has 0 bridgehead atoms. The summed E-state index contributed by atoms with van der Waals surface area (Å²) in [5, 5.41) is 2.59. The van der Waals surface area contributed by atoms with Gasteiger partial charge in [0.15, 0.2) is 0 Å². The summed E-state index contributed by atoms with van der Waals surface area (Å²) in [4.78, 5) is 64.9. The standard InChI is InChI=1S/C20H26N4O5S/c1-3-22-10-11-24(19(28)18(22)27)20(29)21-16(9-14-30-2)17(26)23(12-13-25)15-7-5-4-6-8-15/h4-8,13,16H,3,9-12,14H2,1-2H3,(H,21,29). The third-order valence-electron chi connectivity index (χ3n) is 4.73. The highest BCUT2D eigenvalue weighted by molar-refractivity contribution is 7.98. The normalized spacial score (nSPS) is 15.0. The van der Waals surface area contributed by atoms with Crippen LogP contribution in [0.1, 0.15) is 13.3 Å². The maximum Gasteiger partial charge on any atom is 0.325 e. The van der Waals surface area contributed by atoms with Gasteiger partial charge >= 0.3 is 17.8 Å². The quantitative estimate of drug-likeness (QED) is 0.454. The molecular weight excluding hydrogens is 408 g/mol. The maximum atomic E-state index is 13.2. The molecule has 1 atom stereocenters. The lowest BCUT2D eigenvalue weighted by molar-refractivity contribution is -0.153. The summed E-state index contributed by atoms with van der Waals surface area (Å²) in [6.45, 7) is 2.28. The summed E-state index contributed by atoms with van der Waals surface area (Å²) in [5.41, 5.74) is 0.529. The van der Waals surface area contributed by atoms with E-state index in [0.29, 0.717) is 30.7 Å². The average molecular weight is 435 g/mol. The molecule has 1 aliphatic rings. The number of anilines is 1. The first-order valence-electron chi connectivity index (χ1n) is 9.64. The number of carbonyl (C=O) groups is 5. The number of amides is 5. The van der Waals surface area contributed by atoms with E-state index in [1.165, 1.54) is 21.6 Å². The summed E-state index contributed by atoms with van der Waals surface area (Å²) in [6, 6.07) is 6.93. The predicted octanol–water partition coefficient (Wildman–Crippen LogP) is 0.741. The van der Waals surface area contributed by atoms with Crippen LogP contribution in [0, 0.1) is 0 Å². The van der Waals surface area contributed by atoms with Gasteiger partial charge < -0.3 is 19.9 Å². The minimum Gasteiger partial charge on any atom is -0.333 e. The van der Waals surface area contributed by atoms with Gasteiger partial charge in [-0.2, -0.15) is 11.8 Å². The molecule has 1 heterocycles. The van der Waals surface area contributed by atoms with Crippen LogP contribution >= 0.6 is 11.8 Å². The van der Waals surface area contributed by atoms with E-state index >= 15 is 0 Å². The van der Waals surface area contributed by atoms with Crippen LogP contribution in [0.5, 0.6) is 0 Å². The number of carbonyl (C=O) groups excluding carboxylic acids is 5. The molecular formula is C20H26N4O5S. The molecule has 1 saturated heterocycles. The molecule has 1 aromatic carbocycles. The van der Waals surface area contributed by atoms with Crippen molar-refractivity contribution in [1.29, 1.82) is 0 Å². The molecule has 1 N–H and O–H groups in total. The molecule has 10 heteroatoms. The maximum absolute atomic E-state index is 13.2. The Kier molecular flexibility index (Phi) is 8.85. The van der Waals surface area contributed by atoms with Crippen LogP contribution in [0.15, 0.2) is 30.3 Å². The Balaban J connectivity index is 2.19. The molecule has 30 heavy (non-hydrogen) atoms. The number of hydrogen-bond donors (Lipinski definition) is 1. The Morgan fingerprint density at radius 1 is 1.20 bits per heavy atom. The molecule has 0 aromatic heterocycles. The van der Waals surface area contributed by atoms with Crippen molar-refractivity contribution in [3.05, 3.63) is 30.3 Å². The number of nitrogens with zero attached hydrogens (tertiary/aromatic N) is 3. The number of imide groups is 1. The third-order valence-corrected chi connectivity index (χ3v) is 5.38. The van der Waals surface area contributed by atoms with Gasteiger partial charge in [0.2, 0.25) is 5.91 Å². The number of nitrogens with one attached hydrogen (secondary N) is 1. The first-order valence-corrected chi connectivity index (χ1v) is 11.0. The molecule has 9 nitrogen and oxygen atoms in total. The van der Waals surface area contributed by atoms with Crippen LogP contribution in [-0.2, 0) is 19.2 Å². The number of aldehydes is 1. The second-order valence-electron chi connectivity index (χ2n) is 6.58.